The van der Waals surface area contributed by atoms with Crippen molar-refractivity contribution in [1.82, 2.24) is 29.5 Å². The Morgan fingerprint density at radius 2 is 1.73 bits per heavy atom. The third-order valence-corrected chi connectivity index (χ3v) is 7.52. The van der Waals surface area contributed by atoms with Crippen molar-refractivity contribution in [2.45, 2.75) is 39.2 Å². The second-order valence-electron chi connectivity index (χ2n) is 10.7. The van der Waals surface area contributed by atoms with Crippen molar-refractivity contribution >= 4 is 45.8 Å². The summed E-state index contributed by atoms with van der Waals surface area (Å²) in [6.45, 7) is 7.12. The van der Waals surface area contributed by atoms with E-state index in [1.807, 2.05) is 19.9 Å². The van der Waals surface area contributed by atoms with Gasteiger partial charge in [-0.3, -0.25) is 4.57 Å². The molecule has 1 aromatic carbocycles. The smallest absolute Gasteiger partial charge is 0.349 e. The summed E-state index contributed by atoms with van der Waals surface area (Å²) >= 11 is 6.43. The first-order valence-corrected chi connectivity index (χ1v) is 13.2. The Balaban J connectivity index is 1.48. The van der Waals surface area contributed by atoms with Crippen molar-refractivity contribution in [3.63, 3.8) is 0 Å². The molecule has 1 aliphatic rings. The second kappa shape index (κ2) is 10.2. The summed E-state index contributed by atoms with van der Waals surface area (Å²) < 4.78 is 30.2. The van der Waals surface area contributed by atoms with Gasteiger partial charge in [0.2, 0.25) is 5.95 Å². The molecule has 0 saturated carbocycles. The lowest BCUT2D eigenvalue weighted by Crippen LogP contribution is -2.52. The van der Waals surface area contributed by atoms with Gasteiger partial charge in [-0.05, 0) is 38.1 Å². The molecule has 13 heteroatoms. The number of piperidine rings is 1. The Hall–Kier alpha value is -3.93. The summed E-state index contributed by atoms with van der Waals surface area (Å²) in [5.41, 5.74) is 0.133. The predicted molar refractivity (Wildman–Crippen MR) is 151 cm³/mol. The Kier molecular flexibility index (Phi) is 7.07. The van der Waals surface area contributed by atoms with E-state index < -0.39 is 29.0 Å². The number of hydrogen-bond donors (Lipinski definition) is 2. The Morgan fingerprint density at radius 3 is 2.40 bits per heavy atom. The number of halogens is 3. The van der Waals surface area contributed by atoms with Crippen molar-refractivity contribution in [3.8, 4) is 0 Å². The summed E-state index contributed by atoms with van der Waals surface area (Å²) in [6, 6.07) is 7.15. The number of aryl methyl sites for hydroxylation is 1. The van der Waals surface area contributed by atoms with Gasteiger partial charge in [0.1, 0.15) is 10.8 Å². The maximum Gasteiger partial charge on any atom is 0.349 e. The van der Waals surface area contributed by atoms with Gasteiger partial charge in [-0.15, -0.1) is 0 Å². The van der Waals surface area contributed by atoms with Crippen LogP contribution in [0.5, 0.6) is 0 Å². The molecule has 0 bridgehead atoms. The van der Waals surface area contributed by atoms with E-state index in [2.05, 4.69) is 35.6 Å². The monoisotopic (exact) mass is 569 g/mol. The number of alkyl halides is 2. The van der Waals surface area contributed by atoms with Crippen LogP contribution < -0.4 is 21.2 Å². The van der Waals surface area contributed by atoms with Gasteiger partial charge in [0.25, 0.3) is 5.92 Å². The van der Waals surface area contributed by atoms with Crippen molar-refractivity contribution in [1.29, 1.82) is 0 Å². The SMILES string of the molecule is C[C@@H]1CN(c2ncc(Cl)c(Nc3ccc4c(c3)c(NC(C)(C)c3ncccn3)nc(=O)n4C)n2)C[C@H](C)C1(F)F. The molecule has 0 spiro atoms. The van der Waals surface area contributed by atoms with Crippen molar-refractivity contribution in [2.75, 3.05) is 28.6 Å². The minimum Gasteiger partial charge on any atom is -0.357 e. The van der Waals surface area contributed by atoms with Gasteiger partial charge in [0.15, 0.2) is 11.6 Å². The minimum absolute atomic E-state index is 0.129. The van der Waals surface area contributed by atoms with Gasteiger partial charge < -0.3 is 15.5 Å². The molecule has 5 rings (SSSR count). The molecule has 10 nitrogen and oxygen atoms in total. The van der Waals surface area contributed by atoms with Crippen LogP contribution in [0.25, 0.3) is 10.9 Å². The number of fused-ring (bicyclic) bond motifs is 1. The van der Waals surface area contributed by atoms with Crippen molar-refractivity contribution in [3.05, 3.63) is 64.2 Å². The molecule has 4 aromatic rings. The largest absolute Gasteiger partial charge is 0.357 e. The lowest BCUT2D eigenvalue weighted by Gasteiger charge is -2.41. The van der Waals surface area contributed by atoms with Crippen molar-refractivity contribution < 1.29 is 8.78 Å². The fourth-order valence-electron chi connectivity index (χ4n) is 4.86. The van der Waals surface area contributed by atoms with Gasteiger partial charge in [-0.2, -0.15) is 9.97 Å². The molecule has 1 aliphatic heterocycles. The van der Waals surface area contributed by atoms with E-state index >= 15 is 0 Å². The highest BCUT2D eigenvalue weighted by Crippen LogP contribution is 2.39. The first kappa shape index (κ1) is 27.6. The number of nitrogens with zero attached hydrogens (tertiary/aromatic N) is 7. The average molecular weight is 570 g/mol. The number of rotatable bonds is 6. The number of hydrogen-bond acceptors (Lipinski definition) is 9. The zero-order valence-electron chi connectivity index (χ0n) is 22.8. The number of anilines is 4. The first-order chi connectivity index (χ1) is 18.9. The van der Waals surface area contributed by atoms with E-state index in [0.29, 0.717) is 40.0 Å². The Bertz CT molecular complexity index is 1600. The van der Waals surface area contributed by atoms with Crippen LogP contribution in [0.15, 0.2) is 47.7 Å². The first-order valence-electron chi connectivity index (χ1n) is 12.9. The van der Waals surface area contributed by atoms with Gasteiger partial charge in [-0.1, -0.05) is 25.4 Å². The maximum absolute atomic E-state index is 14.4. The summed E-state index contributed by atoms with van der Waals surface area (Å²) in [4.78, 5) is 36.2. The fraction of sp³-hybridized carbons (Fsp3) is 0.407. The van der Waals surface area contributed by atoms with Crippen LogP contribution in [-0.4, -0.2) is 48.5 Å². The number of aromatic nitrogens is 6. The van der Waals surface area contributed by atoms with Crippen molar-refractivity contribution in [2.24, 2.45) is 18.9 Å². The van der Waals surface area contributed by atoms with E-state index in [-0.39, 0.29) is 18.1 Å². The molecule has 40 heavy (non-hydrogen) atoms. The third-order valence-electron chi connectivity index (χ3n) is 7.24. The molecule has 1 saturated heterocycles. The molecule has 0 amide bonds. The van der Waals surface area contributed by atoms with E-state index in [9.17, 15) is 13.6 Å². The van der Waals surface area contributed by atoms with Crippen LogP contribution in [0.4, 0.5) is 32.1 Å². The molecule has 2 atom stereocenters. The van der Waals surface area contributed by atoms with Crippen LogP contribution in [0, 0.1) is 11.8 Å². The Morgan fingerprint density at radius 1 is 1.05 bits per heavy atom. The molecule has 0 unspecified atom stereocenters. The van der Waals surface area contributed by atoms with E-state index in [1.54, 1.807) is 42.5 Å². The van der Waals surface area contributed by atoms with E-state index in [1.165, 1.54) is 24.6 Å². The quantitative estimate of drug-likeness (QED) is 0.331. The zero-order valence-corrected chi connectivity index (χ0v) is 23.5. The van der Waals surface area contributed by atoms with Gasteiger partial charge in [-0.25, -0.2) is 28.5 Å². The molecule has 1 fully saturated rings. The van der Waals surface area contributed by atoms with Crippen LogP contribution in [0.1, 0.15) is 33.5 Å². The molecule has 4 heterocycles. The summed E-state index contributed by atoms with van der Waals surface area (Å²) in [5, 5.41) is 7.47. The van der Waals surface area contributed by atoms with Crippen LogP contribution in [0.3, 0.4) is 0 Å². The summed E-state index contributed by atoms with van der Waals surface area (Å²) in [6.07, 6.45) is 4.76. The molecular weight excluding hydrogens is 540 g/mol. The average Bonchev–Trinajstić information content (AvgIpc) is 2.92. The molecular formula is C27H30ClF2N9O. The molecule has 3 aromatic heterocycles. The lowest BCUT2D eigenvalue weighted by atomic mass is 9.87. The molecule has 2 N–H and O–H groups in total. The normalized spacial score (nSPS) is 19.1. The maximum atomic E-state index is 14.4. The van der Waals surface area contributed by atoms with E-state index in [4.69, 9.17) is 11.6 Å². The fourth-order valence-corrected chi connectivity index (χ4v) is 5.00. The number of benzene rings is 1. The minimum atomic E-state index is -2.75. The van der Waals surface area contributed by atoms with Crippen LogP contribution >= 0.6 is 11.6 Å². The topological polar surface area (TPSA) is 114 Å². The van der Waals surface area contributed by atoms with Gasteiger partial charge in [0.05, 0.1) is 17.3 Å². The van der Waals surface area contributed by atoms with Crippen LogP contribution in [0.2, 0.25) is 5.02 Å². The van der Waals surface area contributed by atoms with Gasteiger partial charge in [0, 0.05) is 55.4 Å². The lowest BCUT2D eigenvalue weighted by molar-refractivity contribution is -0.105. The molecule has 0 radical (unpaired) electrons. The molecule has 0 aliphatic carbocycles. The summed E-state index contributed by atoms with van der Waals surface area (Å²) in [5.74, 6) is -2.89. The zero-order chi connectivity index (χ0) is 28.8. The Labute approximate surface area is 234 Å². The van der Waals surface area contributed by atoms with E-state index in [0.717, 1.165) is 0 Å². The predicted octanol–water partition coefficient (Wildman–Crippen LogP) is 4.99. The second-order valence-corrected chi connectivity index (χ2v) is 11.1. The third kappa shape index (κ3) is 5.15. The number of nitrogens with one attached hydrogen (secondary N) is 2. The standard InChI is InChI=1S/C27H30ClF2N9O/c1-15-13-39(14-16(2)27(15,29)30)24-33-12-19(28)22(35-24)34-17-7-8-20-18(11-17)21(36-25(40)38(20)5)37-26(3,4)23-31-9-6-10-32-23/h6-12,15-16H,13-14H2,1-5H3,(H,33,34,35)(H,36,37,40)/t15-,16+. The van der Waals surface area contributed by atoms with Gasteiger partial charge >= 0.3 is 5.69 Å². The highest BCUT2D eigenvalue weighted by Gasteiger charge is 2.47. The molecule has 210 valence electrons. The van der Waals surface area contributed by atoms with Crippen LogP contribution in [-0.2, 0) is 12.6 Å². The summed E-state index contributed by atoms with van der Waals surface area (Å²) in [7, 11) is 1.65. The highest BCUT2D eigenvalue weighted by atomic mass is 35.5. The highest BCUT2D eigenvalue weighted by molar-refractivity contribution is 6.32.